The molecule has 17 heavy (non-hydrogen) atoms. The van der Waals surface area contributed by atoms with Gasteiger partial charge in [-0.05, 0) is 24.6 Å². The first-order chi connectivity index (χ1) is 8.26. The summed E-state index contributed by atoms with van der Waals surface area (Å²) in [4.78, 5) is 6.45. The van der Waals surface area contributed by atoms with Gasteiger partial charge in [0.25, 0.3) is 0 Å². The number of rotatable bonds is 4. The van der Waals surface area contributed by atoms with Crippen LogP contribution in [0.1, 0.15) is 12.5 Å². The largest absolute Gasteiger partial charge is 0.326 e. The van der Waals surface area contributed by atoms with Crippen molar-refractivity contribution in [2.45, 2.75) is 20.0 Å². The molecule has 0 aliphatic carbocycles. The zero-order chi connectivity index (χ0) is 12.3. The number of nitrogens with zero attached hydrogens (tertiary/aromatic N) is 3. The summed E-state index contributed by atoms with van der Waals surface area (Å²) in [5.41, 5.74) is 7.89. The summed E-state index contributed by atoms with van der Waals surface area (Å²) in [7, 11) is 2.02. The summed E-state index contributed by atoms with van der Waals surface area (Å²) < 4.78 is 2.11. The minimum absolute atomic E-state index is 0.559. The van der Waals surface area contributed by atoms with E-state index in [0.717, 1.165) is 23.7 Å². The van der Waals surface area contributed by atoms with E-state index in [1.165, 1.54) is 0 Å². The second-order valence-corrected chi connectivity index (χ2v) is 3.95. The predicted molar refractivity (Wildman–Crippen MR) is 70.3 cm³/mol. The molecule has 2 rings (SSSR count). The molecule has 0 aliphatic heterocycles. The van der Waals surface area contributed by atoms with Crippen LogP contribution in [0.4, 0.5) is 11.6 Å². The molecule has 0 saturated heterocycles. The van der Waals surface area contributed by atoms with Gasteiger partial charge in [0, 0.05) is 38.2 Å². The van der Waals surface area contributed by atoms with E-state index in [9.17, 15) is 0 Å². The summed E-state index contributed by atoms with van der Waals surface area (Å²) in [6.45, 7) is 3.58. The van der Waals surface area contributed by atoms with Crippen LogP contribution < -0.4 is 10.6 Å². The number of hydrogen-bond acceptors (Lipinski definition) is 3. The Kier molecular flexibility index (Phi) is 3.44. The Bertz CT molecular complexity index is 490. The van der Waals surface area contributed by atoms with E-state index >= 15 is 0 Å². The van der Waals surface area contributed by atoms with Gasteiger partial charge in [0.05, 0.1) is 0 Å². The number of aryl methyl sites for hydroxylation is 1. The van der Waals surface area contributed by atoms with Crippen molar-refractivity contribution in [3.63, 3.8) is 0 Å². The van der Waals surface area contributed by atoms with Crippen LogP contribution in [-0.2, 0) is 13.1 Å². The van der Waals surface area contributed by atoms with Crippen molar-refractivity contribution in [2.24, 2.45) is 5.73 Å². The van der Waals surface area contributed by atoms with E-state index in [4.69, 9.17) is 5.73 Å². The first-order valence-corrected chi connectivity index (χ1v) is 5.80. The van der Waals surface area contributed by atoms with Crippen LogP contribution in [0.25, 0.3) is 0 Å². The number of hydrogen-bond donors (Lipinski definition) is 1. The highest BCUT2D eigenvalue weighted by Gasteiger charge is 2.09. The molecule has 0 spiro atoms. The van der Waals surface area contributed by atoms with Crippen molar-refractivity contribution in [2.75, 3.05) is 11.9 Å². The van der Waals surface area contributed by atoms with Crippen LogP contribution in [0.2, 0.25) is 0 Å². The summed E-state index contributed by atoms with van der Waals surface area (Å²) in [6.07, 6.45) is 3.81. The number of aromatic nitrogens is 2. The van der Waals surface area contributed by atoms with E-state index in [1.807, 2.05) is 31.6 Å². The second-order valence-electron chi connectivity index (χ2n) is 3.95. The van der Waals surface area contributed by atoms with Gasteiger partial charge in [-0.15, -0.1) is 0 Å². The number of nitrogens with two attached hydrogens (primary N) is 1. The highest BCUT2D eigenvalue weighted by molar-refractivity contribution is 5.57. The minimum Gasteiger partial charge on any atom is -0.326 e. The summed E-state index contributed by atoms with van der Waals surface area (Å²) >= 11 is 0. The van der Waals surface area contributed by atoms with E-state index in [1.54, 1.807) is 0 Å². The molecule has 0 saturated carbocycles. The molecule has 0 bridgehead atoms. The Morgan fingerprint density at radius 3 is 2.94 bits per heavy atom. The molecule has 1 aromatic heterocycles. The lowest BCUT2D eigenvalue weighted by Gasteiger charge is -2.19. The quantitative estimate of drug-likeness (QED) is 0.875. The minimum atomic E-state index is 0.559. The Labute approximate surface area is 102 Å². The molecule has 0 amide bonds. The van der Waals surface area contributed by atoms with Gasteiger partial charge in [-0.25, -0.2) is 4.98 Å². The van der Waals surface area contributed by atoms with Crippen LogP contribution in [0, 0.1) is 0 Å². The Hall–Kier alpha value is -1.81. The second kappa shape index (κ2) is 5.01. The summed E-state index contributed by atoms with van der Waals surface area (Å²) in [6, 6.07) is 8.21. The van der Waals surface area contributed by atoms with E-state index < -0.39 is 0 Å². The highest BCUT2D eigenvalue weighted by Crippen LogP contribution is 2.22. The van der Waals surface area contributed by atoms with Gasteiger partial charge >= 0.3 is 0 Å². The molecule has 4 heteroatoms. The van der Waals surface area contributed by atoms with Gasteiger partial charge in [-0.3, -0.25) is 0 Å². The van der Waals surface area contributed by atoms with Gasteiger partial charge in [0.15, 0.2) is 0 Å². The summed E-state index contributed by atoms with van der Waals surface area (Å²) in [5, 5.41) is 0. The van der Waals surface area contributed by atoms with Crippen LogP contribution in [0.3, 0.4) is 0 Å². The third-order valence-electron chi connectivity index (χ3n) is 2.87. The van der Waals surface area contributed by atoms with E-state index in [2.05, 4.69) is 33.5 Å². The van der Waals surface area contributed by atoms with Gasteiger partial charge in [0.2, 0.25) is 5.95 Å². The lowest BCUT2D eigenvalue weighted by molar-refractivity contribution is 0.754. The molecule has 2 N–H and O–H groups in total. The maximum absolute atomic E-state index is 5.65. The monoisotopic (exact) mass is 230 g/mol. The zero-order valence-corrected chi connectivity index (χ0v) is 10.3. The molecule has 0 unspecified atom stereocenters. The van der Waals surface area contributed by atoms with Crippen molar-refractivity contribution >= 4 is 11.6 Å². The molecule has 4 nitrogen and oxygen atoms in total. The van der Waals surface area contributed by atoms with Crippen molar-refractivity contribution < 1.29 is 0 Å². The molecule has 2 aromatic rings. The Morgan fingerprint density at radius 1 is 1.41 bits per heavy atom. The predicted octanol–water partition coefficient (Wildman–Crippen LogP) is 2.13. The van der Waals surface area contributed by atoms with Crippen molar-refractivity contribution in [3.8, 4) is 0 Å². The SMILES string of the molecule is CCn1ccnc1N(C)c1cccc(CN)c1. The molecule has 1 heterocycles. The van der Waals surface area contributed by atoms with Crippen LogP contribution in [-0.4, -0.2) is 16.6 Å². The summed E-state index contributed by atoms with van der Waals surface area (Å²) in [5.74, 6) is 0.946. The van der Waals surface area contributed by atoms with Crippen LogP contribution in [0.15, 0.2) is 36.7 Å². The topological polar surface area (TPSA) is 47.1 Å². The highest BCUT2D eigenvalue weighted by atomic mass is 15.3. The number of benzene rings is 1. The molecular formula is C13H18N4. The third-order valence-corrected chi connectivity index (χ3v) is 2.87. The molecule has 0 radical (unpaired) electrons. The standard InChI is InChI=1S/C13H18N4/c1-3-17-8-7-15-13(17)16(2)12-6-4-5-11(9-12)10-14/h4-9H,3,10,14H2,1-2H3. The van der Waals surface area contributed by atoms with Crippen LogP contribution in [0.5, 0.6) is 0 Å². The fourth-order valence-electron chi connectivity index (χ4n) is 1.85. The third kappa shape index (κ3) is 2.31. The number of anilines is 2. The lowest BCUT2D eigenvalue weighted by Crippen LogP contribution is -2.15. The molecular weight excluding hydrogens is 212 g/mol. The van der Waals surface area contributed by atoms with Crippen molar-refractivity contribution in [1.29, 1.82) is 0 Å². The fraction of sp³-hybridized carbons (Fsp3) is 0.308. The number of imidazole rings is 1. The van der Waals surface area contributed by atoms with Gasteiger partial charge in [0.1, 0.15) is 0 Å². The molecule has 0 fully saturated rings. The average Bonchev–Trinajstić information content (AvgIpc) is 2.86. The molecule has 0 atom stereocenters. The van der Waals surface area contributed by atoms with Gasteiger partial charge < -0.3 is 15.2 Å². The fourth-order valence-corrected chi connectivity index (χ4v) is 1.85. The first kappa shape index (κ1) is 11.7. The Morgan fingerprint density at radius 2 is 2.24 bits per heavy atom. The van der Waals surface area contributed by atoms with Crippen molar-refractivity contribution in [3.05, 3.63) is 42.2 Å². The maximum atomic E-state index is 5.65. The van der Waals surface area contributed by atoms with Crippen LogP contribution >= 0.6 is 0 Å². The first-order valence-electron chi connectivity index (χ1n) is 5.80. The van der Waals surface area contributed by atoms with Crippen molar-refractivity contribution in [1.82, 2.24) is 9.55 Å². The molecule has 0 aliphatic rings. The normalized spacial score (nSPS) is 10.5. The average molecular weight is 230 g/mol. The molecule has 90 valence electrons. The zero-order valence-electron chi connectivity index (χ0n) is 10.3. The molecule has 1 aromatic carbocycles. The Balaban J connectivity index is 2.33. The lowest BCUT2D eigenvalue weighted by atomic mass is 10.2. The van der Waals surface area contributed by atoms with E-state index in [-0.39, 0.29) is 0 Å². The van der Waals surface area contributed by atoms with Gasteiger partial charge in [-0.2, -0.15) is 0 Å². The van der Waals surface area contributed by atoms with Gasteiger partial charge in [-0.1, -0.05) is 12.1 Å². The maximum Gasteiger partial charge on any atom is 0.209 e. The van der Waals surface area contributed by atoms with E-state index in [0.29, 0.717) is 6.54 Å². The smallest absolute Gasteiger partial charge is 0.209 e.